The highest BCUT2D eigenvalue weighted by atomic mass is 32.2. The van der Waals surface area contributed by atoms with Crippen LogP contribution in [-0.4, -0.2) is 24.5 Å². The van der Waals surface area contributed by atoms with Gasteiger partial charge in [0.15, 0.2) is 11.6 Å². The number of sulfonamides is 1. The lowest BCUT2D eigenvalue weighted by atomic mass is 10.2. The van der Waals surface area contributed by atoms with Gasteiger partial charge in [-0.25, -0.2) is 8.42 Å². The molecule has 3 aromatic rings. The molecule has 0 saturated heterocycles. The minimum Gasteiger partial charge on any atom is -0.339 e. The minimum absolute atomic E-state index is 0.116. The van der Waals surface area contributed by atoms with Crippen molar-refractivity contribution < 1.29 is 13.2 Å². The van der Waals surface area contributed by atoms with Gasteiger partial charge in [0.2, 0.25) is 5.91 Å². The van der Waals surface area contributed by atoms with Gasteiger partial charge >= 0.3 is 0 Å². The SMILES string of the molecule is CC(=O)Nc1ccc(Nc2ccc(NS(=O)(=O)c3ccccc3)nn2)cc1. The highest BCUT2D eigenvalue weighted by molar-refractivity contribution is 7.92. The zero-order valence-corrected chi connectivity index (χ0v) is 15.2. The number of nitrogens with zero attached hydrogens (tertiary/aromatic N) is 2. The van der Waals surface area contributed by atoms with Crippen LogP contribution in [0.2, 0.25) is 0 Å². The molecule has 2 aromatic carbocycles. The third kappa shape index (κ3) is 5.02. The molecule has 1 heterocycles. The molecule has 0 atom stereocenters. The number of aromatic nitrogens is 2. The number of carbonyl (C=O) groups is 1. The van der Waals surface area contributed by atoms with E-state index in [0.717, 1.165) is 5.69 Å². The molecule has 0 aliphatic heterocycles. The first kappa shape index (κ1) is 18.3. The van der Waals surface area contributed by atoms with E-state index in [1.165, 1.54) is 25.1 Å². The molecule has 0 fully saturated rings. The summed E-state index contributed by atoms with van der Waals surface area (Å²) < 4.78 is 26.9. The first-order valence-corrected chi connectivity index (χ1v) is 9.47. The van der Waals surface area contributed by atoms with Gasteiger partial charge in [-0.2, -0.15) is 0 Å². The van der Waals surface area contributed by atoms with Gasteiger partial charge in [0, 0.05) is 18.3 Å². The first-order valence-electron chi connectivity index (χ1n) is 7.99. The monoisotopic (exact) mass is 383 g/mol. The van der Waals surface area contributed by atoms with Crippen molar-refractivity contribution in [2.24, 2.45) is 0 Å². The normalized spacial score (nSPS) is 10.9. The zero-order chi connectivity index (χ0) is 19.3. The van der Waals surface area contributed by atoms with Crippen LogP contribution in [0, 0.1) is 0 Å². The van der Waals surface area contributed by atoms with Crippen LogP contribution in [0.25, 0.3) is 0 Å². The zero-order valence-electron chi connectivity index (χ0n) is 14.4. The van der Waals surface area contributed by atoms with Crippen LogP contribution in [0.3, 0.4) is 0 Å². The van der Waals surface area contributed by atoms with E-state index in [9.17, 15) is 13.2 Å². The van der Waals surface area contributed by atoms with E-state index in [1.54, 1.807) is 48.5 Å². The van der Waals surface area contributed by atoms with Crippen molar-refractivity contribution in [3.63, 3.8) is 0 Å². The third-order valence-electron chi connectivity index (χ3n) is 3.43. The molecule has 0 spiro atoms. The number of nitrogens with one attached hydrogen (secondary N) is 3. The van der Waals surface area contributed by atoms with Crippen LogP contribution in [0.4, 0.5) is 23.0 Å². The molecule has 3 rings (SSSR count). The maximum Gasteiger partial charge on any atom is 0.263 e. The number of amides is 1. The molecule has 3 N–H and O–H groups in total. The fraction of sp³-hybridized carbons (Fsp3) is 0.0556. The van der Waals surface area contributed by atoms with Crippen molar-refractivity contribution in [1.29, 1.82) is 0 Å². The second-order valence-corrected chi connectivity index (χ2v) is 7.29. The Labute approximate surface area is 156 Å². The number of benzene rings is 2. The number of anilines is 4. The Hall–Kier alpha value is -3.46. The maximum absolute atomic E-state index is 12.3. The lowest BCUT2D eigenvalue weighted by molar-refractivity contribution is -0.114. The predicted octanol–water partition coefficient (Wildman–Crippen LogP) is 2.98. The molecule has 0 radical (unpaired) electrons. The molecule has 9 heteroatoms. The quantitative estimate of drug-likeness (QED) is 0.603. The summed E-state index contributed by atoms with van der Waals surface area (Å²) >= 11 is 0. The molecule has 27 heavy (non-hydrogen) atoms. The molecule has 0 saturated carbocycles. The average Bonchev–Trinajstić information content (AvgIpc) is 2.65. The Kier molecular flexibility index (Phi) is 5.32. The van der Waals surface area contributed by atoms with E-state index in [0.29, 0.717) is 11.5 Å². The largest absolute Gasteiger partial charge is 0.339 e. The molecule has 0 bridgehead atoms. The van der Waals surface area contributed by atoms with Crippen LogP contribution in [-0.2, 0) is 14.8 Å². The third-order valence-corrected chi connectivity index (χ3v) is 4.81. The van der Waals surface area contributed by atoms with Crippen LogP contribution in [0.5, 0.6) is 0 Å². The van der Waals surface area contributed by atoms with Crippen molar-refractivity contribution in [2.75, 3.05) is 15.4 Å². The molecular formula is C18H17N5O3S. The first-order chi connectivity index (χ1) is 12.9. The van der Waals surface area contributed by atoms with Crippen LogP contribution in [0.1, 0.15) is 6.92 Å². The molecule has 8 nitrogen and oxygen atoms in total. The van der Waals surface area contributed by atoms with Gasteiger partial charge in [-0.3, -0.25) is 9.52 Å². The second kappa shape index (κ2) is 7.83. The summed E-state index contributed by atoms with van der Waals surface area (Å²) in [5.41, 5.74) is 1.43. The van der Waals surface area contributed by atoms with Gasteiger partial charge < -0.3 is 10.6 Å². The molecule has 0 aliphatic carbocycles. The summed E-state index contributed by atoms with van der Waals surface area (Å²) in [4.78, 5) is 11.2. The summed E-state index contributed by atoms with van der Waals surface area (Å²) in [6.45, 7) is 1.44. The van der Waals surface area contributed by atoms with Crippen molar-refractivity contribution in [1.82, 2.24) is 10.2 Å². The van der Waals surface area contributed by atoms with Gasteiger partial charge in [-0.05, 0) is 48.5 Å². The molecule has 0 unspecified atom stereocenters. The molecule has 1 amide bonds. The molecule has 0 aliphatic rings. The van der Waals surface area contributed by atoms with E-state index in [2.05, 4.69) is 25.6 Å². The van der Waals surface area contributed by atoms with E-state index in [4.69, 9.17) is 0 Å². The van der Waals surface area contributed by atoms with E-state index < -0.39 is 10.0 Å². The van der Waals surface area contributed by atoms with Crippen LogP contribution < -0.4 is 15.4 Å². The Morgan fingerprint density at radius 1 is 0.815 bits per heavy atom. The molecule has 1 aromatic heterocycles. The van der Waals surface area contributed by atoms with E-state index in [1.807, 2.05) is 0 Å². The van der Waals surface area contributed by atoms with Crippen LogP contribution >= 0.6 is 0 Å². The van der Waals surface area contributed by atoms with Crippen molar-refractivity contribution in [3.05, 3.63) is 66.7 Å². The van der Waals surface area contributed by atoms with E-state index >= 15 is 0 Å². The summed E-state index contributed by atoms with van der Waals surface area (Å²) in [5.74, 6) is 0.422. The predicted molar refractivity (Wildman–Crippen MR) is 103 cm³/mol. The van der Waals surface area contributed by atoms with Gasteiger partial charge in [-0.1, -0.05) is 18.2 Å². The van der Waals surface area contributed by atoms with Gasteiger partial charge in [0.05, 0.1) is 4.90 Å². The van der Waals surface area contributed by atoms with Gasteiger partial charge in [0.25, 0.3) is 10.0 Å². The lowest BCUT2D eigenvalue weighted by Crippen LogP contribution is -2.14. The highest BCUT2D eigenvalue weighted by Gasteiger charge is 2.14. The smallest absolute Gasteiger partial charge is 0.263 e. The van der Waals surface area contributed by atoms with E-state index in [-0.39, 0.29) is 16.6 Å². The number of rotatable bonds is 6. The fourth-order valence-corrected chi connectivity index (χ4v) is 3.26. The summed E-state index contributed by atoms with van der Waals surface area (Å²) in [6, 6.07) is 18.2. The Bertz CT molecular complexity index is 1020. The Balaban J connectivity index is 1.66. The Morgan fingerprint density at radius 2 is 1.41 bits per heavy atom. The summed E-state index contributed by atoms with van der Waals surface area (Å²) in [7, 11) is -3.71. The van der Waals surface area contributed by atoms with Crippen molar-refractivity contribution in [2.45, 2.75) is 11.8 Å². The second-order valence-electron chi connectivity index (χ2n) is 5.61. The maximum atomic E-state index is 12.3. The Morgan fingerprint density at radius 3 is 2.00 bits per heavy atom. The fourth-order valence-electron chi connectivity index (χ4n) is 2.24. The summed E-state index contributed by atoms with van der Waals surface area (Å²) in [5, 5.41) is 13.6. The van der Waals surface area contributed by atoms with Gasteiger partial charge in [-0.15, -0.1) is 10.2 Å². The number of hydrogen-bond acceptors (Lipinski definition) is 6. The molecule has 138 valence electrons. The minimum atomic E-state index is -3.71. The van der Waals surface area contributed by atoms with Crippen molar-refractivity contribution >= 4 is 38.9 Å². The number of hydrogen-bond donors (Lipinski definition) is 3. The summed E-state index contributed by atoms with van der Waals surface area (Å²) in [6.07, 6.45) is 0. The van der Waals surface area contributed by atoms with Crippen molar-refractivity contribution in [3.8, 4) is 0 Å². The topological polar surface area (TPSA) is 113 Å². The van der Waals surface area contributed by atoms with Crippen LogP contribution in [0.15, 0.2) is 71.6 Å². The van der Waals surface area contributed by atoms with Gasteiger partial charge in [0.1, 0.15) is 0 Å². The standard InChI is InChI=1S/C18H17N5O3S/c1-13(24)19-14-7-9-15(10-8-14)20-17-11-12-18(22-21-17)23-27(25,26)16-5-3-2-4-6-16/h2-12H,1H3,(H,19,24)(H,20,21)(H,22,23). The molecular weight excluding hydrogens is 366 g/mol. The highest BCUT2D eigenvalue weighted by Crippen LogP contribution is 2.19. The number of carbonyl (C=O) groups excluding carboxylic acids is 1. The lowest BCUT2D eigenvalue weighted by Gasteiger charge is -2.09. The average molecular weight is 383 g/mol.